The third kappa shape index (κ3) is 6.76. The fourth-order valence-electron chi connectivity index (χ4n) is 7.14. The highest BCUT2D eigenvalue weighted by Gasteiger charge is 2.36. The number of oxazole rings is 1. The molecule has 2 atom stereocenters. The topological polar surface area (TPSA) is 35.8 Å². The molecule has 0 radical (unpaired) electrons. The van der Waals surface area contributed by atoms with Gasteiger partial charge in [0.15, 0.2) is 0 Å². The minimum Gasteiger partial charge on any atom is -0.423 e. The number of benzene rings is 1. The van der Waals surface area contributed by atoms with E-state index in [1.807, 2.05) is 11.3 Å². The van der Waals surface area contributed by atoms with Crippen LogP contribution in [0.5, 0.6) is 0 Å². The van der Waals surface area contributed by atoms with Crippen LogP contribution in [0, 0.1) is 17.8 Å². The molecule has 1 saturated carbocycles. The van der Waals surface area contributed by atoms with Gasteiger partial charge in [-0.2, -0.15) is 0 Å². The maximum absolute atomic E-state index is 6.90. The first-order chi connectivity index (χ1) is 19.5. The fourth-order valence-corrected chi connectivity index (χ4v) is 8.21. The van der Waals surface area contributed by atoms with Gasteiger partial charge in [-0.15, -0.1) is 11.3 Å². The molecule has 2 fully saturated rings. The van der Waals surface area contributed by atoms with E-state index >= 15 is 0 Å². The van der Waals surface area contributed by atoms with Crippen LogP contribution >= 0.6 is 11.3 Å². The molecule has 218 valence electrons. The van der Waals surface area contributed by atoms with Crippen LogP contribution in [0.25, 0.3) is 0 Å². The Kier molecular flexibility index (Phi) is 9.90. The van der Waals surface area contributed by atoms with Crippen LogP contribution in [0.4, 0.5) is 11.6 Å². The SMILES string of the molecule is CCN(CC)C(c1nc(Cc2ccccc2)c(N2CCCC(C)C2)o1)C1CCC(Cc2sccc2N(C)C)CC1. The summed E-state index contributed by atoms with van der Waals surface area (Å²) < 4.78 is 6.90. The van der Waals surface area contributed by atoms with Crippen molar-refractivity contribution in [2.24, 2.45) is 17.8 Å². The van der Waals surface area contributed by atoms with E-state index in [1.165, 1.54) is 56.2 Å². The quantitative estimate of drug-likeness (QED) is 0.236. The van der Waals surface area contributed by atoms with Crippen LogP contribution in [0.1, 0.15) is 87.4 Å². The molecule has 1 aliphatic carbocycles. The van der Waals surface area contributed by atoms with Gasteiger partial charge in [-0.25, -0.2) is 4.98 Å². The summed E-state index contributed by atoms with van der Waals surface area (Å²) in [6.07, 6.45) is 9.66. The van der Waals surface area contributed by atoms with E-state index in [4.69, 9.17) is 9.40 Å². The molecular weight excluding hydrogens is 512 g/mol. The van der Waals surface area contributed by atoms with Crippen molar-refractivity contribution >= 4 is 22.9 Å². The van der Waals surface area contributed by atoms with Crippen LogP contribution in [-0.2, 0) is 12.8 Å². The molecule has 5 nitrogen and oxygen atoms in total. The Morgan fingerprint density at radius 1 is 1.02 bits per heavy atom. The van der Waals surface area contributed by atoms with Crippen molar-refractivity contribution in [3.05, 3.63) is 63.8 Å². The van der Waals surface area contributed by atoms with Crippen molar-refractivity contribution in [3.63, 3.8) is 0 Å². The summed E-state index contributed by atoms with van der Waals surface area (Å²) in [7, 11) is 4.33. The largest absolute Gasteiger partial charge is 0.423 e. The average molecular weight is 563 g/mol. The van der Waals surface area contributed by atoms with Gasteiger partial charge in [0.1, 0.15) is 5.69 Å². The summed E-state index contributed by atoms with van der Waals surface area (Å²) in [4.78, 5) is 14.3. The Balaban J connectivity index is 1.38. The lowest BCUT2D eigenvalue weighted by molar-refractivity contribution is 0.0932. The molecular formula is C34H50N4OS. The van der Waals surface area contributed by atoms with Gasteiger partial charge in [0, 0.05) is 38.5 Å². The third-order valence-corrected chi connectivity index (χ3v) is 10.3. The van der Waals surface area contributed by atoms with Crippen LogP contribution in [0.15, 0.2) is 46.2 Å². The molecule has 3 heterocycles. The number of nitrogens with zero attached hydrogens (tertiary/aromatic N) is 4. The van der Waals surface area contributed by atoms with Gasteiger partial charge >= 0.3 is 0 Å². The number of anilines is 2. The van der Waals surface area contributed by atoms with Crippen LogP contribution in [0.2, 0.25) is 0 Å². The first kappa shape index (κ1) is 29.2. The van der Waals surface area contributed by atoms with Gasteiger partial charge in [-0.3, -0.25) is 4.90 Å². The molecule has 6 heteroatoms. The van der Waals surface area contributed by atoms with Gasteiger partial charge in [0.25, 0.3) is 0 Å². The van der Waals surface area contributed by atoms with E-state index in [-0.39, 0.29) is 6.04 Å². The average Bonchev–Trinajstić information content (AvgIpc) is 3.60. The zero-order chi connectivity index (χ0) is 28.1. The fraction of sp³-hybridized carbons (Fsp3) is 0.618. The normalized spacial score (nSPS) is 22.6. The van der Waals surface area contributed by atoms with Gasteiger partial charge < -0.3 is 14.2 Å². The summed E-state index contributed by atoms with van der Waals surface area (Å²) in [6.45, 7) is 11.1. The second kappa shape index (κ2) is 13.6. The summed E-state index contributed by atoms with van der Waals surface area (Å²) >= 11 is 1.93. The van der Waals surface area contributed by atoms with Crippen LogP contribution in [-0.4, -0.2) is 50.2 Å². The summed E-state index contributed by atoms with van der Waals surface area (Å²) in [6, 6.07) is 13.3. The summed E-state index contributed by atoms with van der Waals surface area (Å²) in [5.74, 6) is 4.04. The molecule has 3 aromatic rings. The predicted molar refractivity (Wildman–Crippen MR) is 170 cm³/mol. The molecule has 0 amide bonds. The maximum atomic E-state index is 6.90. The van der Waals surface area contributed by atoms with Crippen molar-refractivity contribution in [1.82, 2.24) is 9.88 Å². The van der Waals surface area contributed by atoms with E-state index in [1.54, 1.807) is 4.88 Å². The standard InChI is InChI=1S/C34H50N4OS/c1-6-37(7-2)32(28-17-15-27(16-18-28)23-31-30(36(4)5)19-21-40-31)33-35-29(22-26-13-9-8-10-14-26)34(39-33)38-20-11-12-25(3)24-38/h8-10,13-14,19,21,25,27-28,32H,6-7,11-12,15-18,20,22-24H2,1-5H3. The second-order valence-corrected chi connectivity index (χ2v) is 13.4. The predicted octanol–water partition coefficient (Wildman–Crippen LogP) is 8.06. The lowest BCUT2D eigenvalue weighted by Gasteiger charge is -2.38. The molecule has 2 aliphatic rings. The van der Waals surface area contributed by atoms with Crippen LogP contribution in [0.3, 0.4) is 0 Å². The lowest BCUT2D eigenvalue weighted by Crippen LogP contribution is -2.36. The number of hydrogen-bond acceptors (Lipinski definition) is 6. The van der Waals surface area contributed by atoms with Gasteiger partial charge in [0.2, 0.25) is 11.8 Å². The highest BCUT2D eigenvalue weighted by molar-refractivity contribution is 7.10. The number of rotatable bonds is 11. The number of thiophene rings is 1. The first-order valence-electron chi connectivity index (χ1n) is 15.7. The monoisotopic (exact) mass is 562 g/mol. The van der Waals surface area contributed by atoms with E-state index < -0.39 is 0 Å². The first-order valence-corrected chi connectivity index (χ1v) is 16.6. The second-order valence-electron chi connectivity index (χ2n) is 12.4. The smallest absolute Gasteiger partial charge is 0.220 e. The Morgan fingerprint density at radius 2 is 1.77 bits per heavy atom. The zero-order valence-electron chi connectivity index (χ0n) is 25.4. The van der Waals surface area contributed by atoms with E-state index in [0.717, 1.165) is 56.0 Å². The Labute approximate surface area is 246 Å². The molecule has 2 unspecified atom stereocenters. The molecule has 0 N–H and O–H groups in total. The lowest BCUT2D eigenvalue weighted by atomic mass is 9.76. The Bertz CT molecular complexity index is 1180. The summed E-state index contributed by atoms with van der Waals surface area (Å²) in [5.41, 5.74) is 3.83. The highest BCUT2D eigenvalue weighted by atomic mass is 32.1. The van der Waals surface area contributed by atoms with Crippen molar-refractivity contribution in [1.29, 1.82) is 0 Å². The highest BCUT2D eigenvalue weighted by Crippen LogP contribution is 2.43. The number of aromatic nitrogens is 1. The summed E-state index contributed by atoms with van der Waals surface area (Å²) in [5, 5.41) is 2.25. The van der Waals surface area contributed by atoms with Crippen molar-refractivity contribution in [3.8, 4) is 0 Å². The molecule has 5 rings (SSSR count). The number of hydrogen-bond donors (Lipinski definition) is 0. The van der Waals surface area contributed by atoms with Gasteiger partial charge in [-0.1, -0.05) is 51.1 Å². The van der Waals surface area contributed by atoms with E-state index in [9.17, 15) is 0 Å². The van der Waals surface area contributed by atoms with E-state index in [2.05, 4.69) is 91.3 Å². The van der Waals surface area contributed by atoms with E-state index in [0.29, 0.717) is 11.8 Å². The maximum Gasteiger partial charge on any atom is 0.220 e. The molecule has 1 aromatic carbocycles. The van der Waals surface area contributed by atoms with Crippen molar-refractivity contribution in [2.45, 2.75) is 78.2 Å². The molecule has 40 heavy (non-hydrogen) atoms. The zero-order valence-corrected chi connectivity index (χ0v) is 26.3. The van der Waals surface area contributed by atoms with Crippen molar-refractivity contribution in [2.75, 3.05) is 50.1 Å². The Hall–Kier alpha value is -2.31. The van der Waals surface area contributed by atoms with Crippen LogP contribution < -0.4 is 9.80 Å². The minimum absolute atomic E-state index is 0.250. The Morgan fingerprint density at radius 3 is 2.45 bits per heavy atom. The molecule has 1 aliphatic heterocycles. The molecule has 0 bridgehead atoms. The van der Waals surface area contributed by atoms with Crippen molar-refractivity contribution < 1.29 is 4.42 Å². The molecule has 0 spiro atoms. The van der Waals surface area contributed by atoms with Gasteiger partial charge in [-0.05, 0) is 92.8 Å². The molecule has 2 aromatic heterocycles. The molecule has 1 saturated heterocycles. The third-order valence-electron chi connectivity index (χ3n) is 9.33. The number of piperidine rings is 1. The minimum atomic E-state index is 0.250. The van der Waals surface area contributed by atoms with Gasteiger partial charge in [0.05, 0.1) is 11.7 Å².